The van der Waals surface area contributed by atoms with E-state index in [0.29, 0.717) is 19.0 Å². The molecule has 1 heterocycles. The topological polar surface area (TPSA) is 36.3 Å². The van der Waals surface area contributed by atoms with Crippen molar-refractivity contribution in [3.8, 4) is 6.07 Å². The van der Waals surface area contributed by atoms with E-state index in [1.54, 1.807) is 0 Å². The van der Waals surface area contributed by atoms with Gasteiger partial charge in [0.15, 0.2) is 6.10 Å². The highest BCUT2D eigenvalue weighted by atomic mass is 79.9. The van der Waals surface area contributed by atoms with Gasteiger partial charge in [-0.1, -0.05) is 22.0 Å². The summed E-state index contributed by atoms with van der Waals surface area (Å²) in [6.07, 6.45) is -0.338. The van der Waals surface area contributed by atoms with Gasteiger partial charge in [-0.15, -0.1) is 11.6 Å². The van der Waals surface area contributed by atoms with E-state index in [2.05, 4.69) is 26.9 Å². The predicted molar refractivity (Wildman–Crippen MR) is 71.3 cm³/mol. The van der Waals surface area contributed by atoms with Crippen molar-refractivity contribution in [2.45, 2.75) is 12.0 Å². The van der Waals surface area contributed by atoms with Crippen molar-refractivity contribution in [1.29, 1.82) is 5.26 Å². The molecule has 1 aromatic rings. The number of ether oxygens (including phenoxy) is 1. The molecule has 17 heavy (non-hydrogen) atoms. The maximum absolute atomic E-state index is 8.86. The summed E-state index contributed by atoms with van der Waals surface area (Å²) >= 11 is 9.31. The van der Waals surface area contributed by atoms with E-state index in [4.69, 9.17) is 21.6 Å². The summed E-state index contributed by atoms with van der Waals surface area (Å²) < 4.78 is 6.32. The first-order valence-electron chi connectivity index (χ1n) is 5.35. The van der Waals surface area contributed by atoms with Gasteiger partial charge in [0.25, 0.3) is 0 Å². The number of hydrogen-bond acceptors (Lipinski definition) is 3. The van der Waals surface area contributed by atoms with E-state index in [1.807, 2.05) is 18.2 Å². The molecule has 0 radical (unpaired) electrons. The Morgan fingerprint density at radius 2 is 2.41 bits per heavy atom. The van der Waals surface area contributed by atoms with Gasteiger partial charge in [0.2, 0.25) is 0 Å². The molecule has 1 aliphatic heterocycles. The second kappa shape index (κ2) is 5.72. The molecule has 1 aromatic carbocycles. The zero-order valence-electron chi connectivity index (χ0n) is 9.20. The summed E-state index contributed by atoms with van der Waals surface area (Å²) in [5.41, 5.74) is 2.16. The lowest BCUT2D eigenvalue weighted by atomic mass is 10.2. The van der Waals surface area contributed by atoms with Crippen LogP contribution in [0.2, 0.25) is 0 Å². The molecule has 90 valence electrons. The molecule has 0 spiro atoms. The molecule has 0 aliphatic carbocycles. The summed E-state index contributed by atoms with van der Waals surface area (Å²) in [6, 6.07) is 8.22. The van der Waals surface area contributed by atoms with E-state index >= 15 is 0 Å². The van der Waals surface area contributed by atoms with E-state index < -0.39 is 0 Å². The van der Waals surface area contributed by atoms with Crippen LogP contribution >= 0.6 is 27.5 Å². The Morgan fingerprint density at radius 3 is 3.06 bits per heavy atom. The molecule has 0 amide bonds. The van der Waals surface area contributed by atoms with Crippen LogP contribution in [0, 0.1) is 11.3 Å². The van der Waals surface area contributed by atoms with Gasteiger partial charge in [-0.05, 0) is 17.7 Å². The van der Waals surface area contributed by atoms with Crippen LogP contribution in [0.3, 0.4) is 0 Å². The van der Waals surface area contributed by atoms with Crippen LogP contribution in [0.15, 0.2) is 22.7 Å². The average molecular weight is 316 g/mol. The number of morpholine rings is 1. The number of hydrogen-bond donors (Lipinski definition) is 0. The Morgan fingerprint density at radius 1 is 1.59 bits per heavy atom. The smallest absolute Gasteiger partial charge is 0.161 e. The lowest BCUT2D eigenvalue weighted by molar-refractivity contribution is 0.0764. The van der Waals surface area contributed by atoms with Gasteiger partial charge in [0, 0.05) is 22.6 Å². The second-order valence-corrected chi connectivity index (χ2v) is 4.97. The molecular formula is C12H12BrClN2O. The second-order valence-electron chi connectivity index (χ2n) is 3.84. The Hall–Kier alpha value is -0.760. The molecule has 5 heteroatoms. The van der Waals surface area contributed by atoms with Crippen molar-refractivity contribution in [1.82, 2.24) is 0 Å². The van der Waals surface area contributed by atoms with Crippen LogP contribution in [0.4, 0.5) is 5.69 Å². The number of nitrogens with zero attached hydrogens (tertiary/aromatic N) is 2. The van der Waals surface area contributed by atoms with Crippen LogP contribution in [-0.4, -0.2) is 25.8 Å². The fourth-order valence-electron chi connectivity index (χ4n) is 1.80. The summed E-state index contributed by atoms with van der Waals surface area (Å²) in [7, 11) is 0. The Bertz CT molecular complexity index is 447. The Balaban J connectivity index is 2.17. The molecule has 2 rings (SSSR count). The monoisotopic (exact) mass is 314 g/mol. The number of halogens is 2. The van der Waals surface area contributed by atoms with Gasteiger partial charge < -0.3 is 9.64 Å². The van der Waals surface area contributed by atoms with E-state index in [0.717, 1.165) is 22.3 Å². The Kier molecular flexibility index (Phi) is 4.27. The van der Waals surface area contributed by atoms with Crippen molar-refractivity contribution in [2.24, 2.45) is 0 Å². The fraction of sp³-hybridized carbons (Fsp3) is 0.417. The van der Waals surface area contributed by atoms with Crippen molar-refractivity contribution in [3.63, 3.8) is 0 Å². The summed E-state index contributed by atoms with van der Waals surface area (Å²) in [4.78, 5) is 2.15. The first kappa shape index (κ1) is 12.7. The molecule has 0 aromatic heterocycles. The quantitative estimate of drug-likeness (QED) is 0.787. The van der Waals surface area contributed by atoms with E-state index in [-0.39, 0.29) is 6.10 Å². The van der Waals surface area contributed by atoms with E-state index in [1.165, 1.54) is 0 Å². The van der Waals surface area contributed by atoms with Crippen molar-refractivity contribution in [2.75, 3.05) is 24.6 Å². The minimum absolute atomic E-state index is 0.338. The number of rotatable bonds is 2. The first-order chi connectivity index (χ1) is 8.24. The zero-order chi connectivity index (χ0) is 12.3. The van der Waals surface area contributed by atoms with Crippen LogP contribution in [-0.2, 0) is 10.6 Å². The normalized spacial score (nSPS) is 20.1. The SMILES string of the molecule is N#CC1CN(c2ccc(CCl)c(Br)c2)CCO1. The highest BCUT2D eigenvalue weighted by Gasteiger charge is 2.20. The third-order valence-electron chi connectivity index (χ3n) is 2.76. The standard InChI is InChI=1S/C12H12BrClN2O/c13-12-5-10(2-1-9(12)6-14)16-3-4-17-11(7-15)8-16/h1-2,5,11H,3-4,6,8H2. The minimum atomic E-state index is -0.338. The molecule has 1 aliphatic rings. The maximum atomic E-state index is 8.86. The van der Waals surface area contributed by atoms with Gasteiger partial charge in [-0.2, -0.15) is 5.26 Å². The number of nitriles is 1. The fourth-order valence-corrected chi connectivity index (χ4v) is 2.70. The summed E-state index contributed by atoms with van der Waals surface area (Å²) in [6.45, 7) is 2.01. The predicted octanol–water partition coefficient (Wildman–Crippen LogP) is 2.92. The van der Waals surface area contributed by atoms with Gasteiger partial charge in [0.05, 0.1) is 19.2 Å². The van der Waals surface area contributed by atoms with Crippen molar-refractivity contribution >= 4 is 33.2 Å². The summed E-state index contributed by atoms with van der Waals surface area (Å²) in [5, 5.41) is 8.86. The van der Waals surface area contributed by atoms with Gasteiger partial charge >= 0.3 is 0 Å². The third-order valence-corrected chi connectivity index (χ3v) is 3.78. The van der Waals surface area contributed by atoms with Crippen molar-refractivity contribution in [3.05, 3.63) is 28.2 Å². The molecule has 0 bridgehead atoms. The van der Waals surface area contributed by atoms with E-state index in [9.17, 15) is 0 Å². The third kappa shape index (κ3) is 2.92. The largest absolute Gasteiger partial charge is 0.365 e. The molecule has 0 N–H and O–H groups in total. The molecule has 0 saturated carbocycles. The minimum Gasteiger partial charge on any atom is -0.365 e. The molecule has 1 saturated heterocycles. The average Bonchev–Trinajstić information content (AvgIpc) is 2.38. The molecule has 1 atom stereocenters. The lowest BCUT2D eigenvalue weighted by Gasteiger charge is -2.31. The maximum Gasteiger partial charge on any atom is 0.161 e. The van der Waals surface area contributed by atoms with Crippen LogP contribution < -0.4 is 4.90 Å². The number of benzene rings is 1. The highest BCUT2D eigenvalue weighted by molar-refractivity contribution is 9.10. The Labute approximate surface area is 114 Å². The van der Waals surface area contributed by atoms with Crippen LogP contribution in [0.5, 0.6) is 0 Å². The first-order valence-corrected chi connectivity index (χ1v) is 6.68. The van der Waals surface area contributed by atoms with Gasteiger partial charge in [0.1, 0.15) is 0 Å². The molecule has 1 unspecified atom stereocenters. The highest BCUT2D eigenvalue weighted by Crippen LogP contribution is 2.26. The molecule has 3 nitrogen and oxygen atoms in total. The number of alkyl halides is 1. The molecule has 1 fully saturated rings. The van der Waals surface area contributed by atoms with Gasteiger partial charge in [-0.25, -0.2) is 0 Å². The van der Waals surface area contributed by atoms with Crippen LogP contribution in [0.1, 0.15) is 5.56 Å². The van der Waals surface area contributed by atoms with Crippen LogP contribution in [0.25, 0.3) is 0 Å². The van der Waals surface area contributed by atoms with Gasteiger partial charge in [-0.3, -0.25) is 0 Å². The number of anilines is 1. The lowest BCUT2D eigenvalue weighted by Crippen LogP contribution is -2.41. The molecular weight excluding hydrogens is 304 g/mol. The zero-order valence-corrected chi connectivity index (χ0v) is 11.5. The van der Waals surface area contributed by atoms with Crippen molar-refractivity contribution < 1.29 is 4.74 Å². The summed E-state index contributed by atoms with van der Waals surface area (Å²) in [5.74, 6) is 0.491.